The number of hydrogen-bond acceptors (Lipinski definition) is 2. The van der Waals surface area contributed by atoms with Gasteiger partial charge in [0.2, 0.25) is 0 Å². The number of amides is 1. The van der Waals surface area contributed by atoms with Crippen LogP contribution in [-0.4, -0.2) is 24.9 Å². The fraction of sp³-hybridized carbons (Fsp3) is 0.278. The summed E-state index contributed by atoms with van der Waals surface area (Å²) in [6, 6.07) is 16.7. The maximum absolute atomic E-state index is 11.9. The Morgan fingerprint density at radius 1 is 1.10 bits per heavy atom. The second-order valence-corrected chi connectivity index (χ2v) is 5.71. The maximum Gasteiger partial charge on any atom is 0.253 e. The predicted octanol–water partition coefficient (Wildman–Crippen LogP) is 3.49. The minimum Gasteiger partial charge on any atom is -0.378 e. The van der Waals surface area contributed by atoms with E-state index >= 15 is 0 Å². The van der Waals surface area contributed by atoms with Crippen LogP contribution in [0.2, 0.25) is 0 Å². The fourth-order valence-corrected chi connectivity index (χ4v) is 2.88. The Morgan fingerprint density at radius 2 is 1.81 bits per heavy atom. The molecule has 108 valence electrons. The normalized spacial score (nSPS) is 16.4. The highest BCUT2D eigenvalue weighted by molar-refractivity contribution is 5.94. The second-order valence-electron chi connectivity index (χ2n) is 5.71. The van der Waals surface area contributed by atoms with E-state index in [1.165, 1.54) is 11.1 Å². The lowest BCUT2D eigenvalue weighted by Gasteiger charge is -2.16. The molecule has 3 nitrogen and oxygen atoms in total. The van der Waals surface area contributed by atoms with Gasteiger partial charge in [0, 0.05) is 25.3 Å². The van der Waals surface area contributed by atoms with Crippen LogP contribution in [0.3, 0.4) is 0 Å². The van der Waals surface area contributed by atoms with E-state index in [4.69, 9.17) is 0 Å². The first-order chi connectivity index (χ1) is 10.1. The van der Waals surface area contributed by atoms with Crippen molar-refractivity contribution in [3.8, 4) is 0 Å². The van der Waals surface area contributed by atoms with Crippen molar-refractivity contribution in [3.05, 3.63) is 65.2 Å². The Kier molecular flexibility index (Phi) is 3.65. The highest BCUT2D eigenvalue weighted by Gasteiger charge is 2.21. The molecule has 21 heavy (non-hydrogen) atoms. The van der Waals surface area contributed by atoms with Crippen molar-refractivity contribution in [2.24, 2.45) is 0 Å². The third kappa shape index (κ3) is 2.77. The molecule has 2 aromatic carbocycles. The lowest BCUT2D eigenvalue weighted by atomic mass is 10.1. The fourth-order valence-electron chi connectivity index (χ4n) is 2.88. The van der Waals surface area contributed by atoms with Crippen LogP contribution in [0, 0.1) is 0 Å². The number of nitrogens with zero attached hydrogens (tertiary/aromatic N) is 1. The van der Waals surface area contributed by atoms with Gasteiger partial charge in [-0.05, 0) is 48.2 Å². The number of aryl methyl sites for hydroxylation is 1. The molecule has 0 bridgehead atoms. The van der Waals surface area contributed by atoms with E-state index in [-0.39, 0.29) is 5.91 Å². The summed E-state index contributed by atoms with van der Waals surface area (Å²) in [5.74, 6) is 0.0350. The number of anilines is 1. The molecule has 1 amide bonds. The molecule has 1 N–H and O–H groups in total. The van der Waals surface area contributed by atoms with Gasteiger partial charge in [0.05, 0.1) is 6.04 Å². The van der Waals surface area contributed by atoms with Crippen LogP contribution in [0.4, 0.5) is 5.69 Å². The minimum absolute atomic E-state index is 0.0350. The van der Waals surface area contributed by atoms with Crippen molar-refractivity contribution in [2.75, 3.05) is 19.4 Å². The van der Waals surface area contributed by atoms with E-state index in [9.17, 15) is 4.79 Å². The molecule has 2 aromatic rings. The van der Waals surface area contributed by atoms with E-state index in [1.807, 2.05) is 24.3 Å². The van der Waals surface area contributed by atoms with Gasteiger partial charge in [0.25, 0.3) is 5.91 Å². The zero-order valence-electron chi connectivity index (χ0n) is 12.5. The molecule has 3 rings (SSSR count). The number of fused-ring (bicyclic) bond motifs is 1. The lowest BCUT2D eigenvalue weighted by Crippen LogP contribution is -2.21. The molecule has 1 unspecified atom stereocenters. The quantitative estimate of drug-likeness (QED) is 0.933. The number of carbonyl (C=O) groups is 1. The van der Waals surface area contributed by atoms with Crippen molar-refractivity contribution < 1.29 is 4.79 Å². The van der Waals surface area contributed by atoms with Crippen LogP contribution in [0.1, 0.15) is 33.9 Å². The summed E-state index contributed by atoms with van der Waals surface area (Å²) in [5.41, 5.74) is 4.62. The van der Waals surface area contributed by atoms with E-state index in [0.717, 1.165) is 24.1 Å². The smallest absolute Gasteiger partial charge is 0.253 e. The maximum atomic E-state index is 11.9. The number of nitrogens with one attached hydrogen (secondary N) is 1. The van der Waals surface area contributed by atoms with Gasteiger partial charge in [-0.15, -0.1) is 0 Å². The Hall–Kier alpha value is -2.29. The van der Waals surface area contributed by atoms with Crippen molar-refractivity contribution in [3.63, 3.8) is 0 Å². The summed E-state index contributed by atoms with van der Waals surface area (Å²) < 4.78 is 0. The zero-order valence-corrected chi connectivity index (χ0v) is 12.5. The average molecular weight is 280 g/mol. The van der Waals surface area contributed by atoms with Gasteiger partial charge in [-0.1, -0.05) is 24.3 Å². The molecular weight excluding hydrogens is 260 g/mol. The van der Waals surface area contributed by atoms with Crippen LogP contribution in [0.5, 0.6) is 0 Å². The molecular formula is C18H20N2O. The first-order valence-corrected chi connectivity index (χ1v) is 7.31. The summed E-state index contributed by atoms with van der Waals surface area (Å²) in [7, 11) is 3.54. The van der Waals surface area contributed by atoms with E-state index in [2.05, 4.69) is 29.6 Å². The van der Waals surface area contributed by atoms with Gasteiger partial charge in [0.1, 0.15) is 0 Å². The first kappa shape index (κ1) is 13.7. The molecule has 1 aliphatic carbocycles. The number of carbonyl (C=O) groups excluding carboxylic acids is 1. The summed E-state index contributed by atoms with van der Waals surface area (Å²) in [4.78, 5) is 13.5. The van der Waals surface area contributed by atoms with Gasteiger partial charge in [-0.3, -0.25) is 4.79 Å². The van der Waals surface area contributed by atoms with Crippen LogP contribution >= 0.6 is 0 Å². The topological polar surface area (TPSA) is 32.3 Å². The molecule has 1 atom stereocenters. The Morgan fingerprint density at radius 3 is 2.52 bits per heavy atom. The molecule has 0 spiro atoms. The minimum atomic E-state index is 0.0350. The first-order valence-electron chi connectivity index (χ1n) is 7.31. The largest absolute Gasteiger partial charge is 0.378 e. The summed E-state index contributed by atoms with van der Waals surface area (Å²) >= 11 is 0. The third-order valence-corrected chi connectivity index (χ3v) is 4.01. The number of rotatable bonds is 3. The molecule has 0 fully saturated rings. The van der Waals surface area contributed by atoms with Crippen LogP contribution < -0.4 is 5.32 Å². The van der Waals surface area contributed by atoms with Crippen molar-refractivity contribution in [2.45, 2.75) is 18.9 Å². The monoisotopic (exact) mass is 280 g/mol. The molecule has 0 aromatic heterocycles. The van der Waals surface area contributed by atoms with Crippen LogP contribution in [0.15, 0.2) is 48.5 Å². The van der Waals surface area contributed by atoms with E-state index in [0.29, 0.717) is 6.04 Å². The van der Waals surface area contributed by atoms with Crippen molar-refractivity contribution >= 4 is 11.6 Å². The van der Waals surface area contributed by atoms with Gasteiger partial charge >= 0.3 is 0 Å². The Bertz CT molecular complexity index is 647. The second kappa shape index (κ2) is 5.60. The van der Waals surface area contributed by atoms with Crippen LogP contribution in [0.25, 0.3) is 0 Å². The number of hydrogen-bond donors (Lipinski definition) is 1. The van der Waals surface area contributed by atoms with Gasteiger partial charge in [0.15, 0.2) is 0 Å². The van der Waals surface area contributed by atoms with Crippen LogP contribution in [-0.2, 0) is 6.42 Å². The molecule has 0 heterocycles. The summed E-state index contributed by atoms with van der Waals surface area (Å²) in [6.07, 6.45) is 2.25. The molecule has 0 radical (unpaired) electrons. The molecule has 0 saturated carbocycles. The molecule has 0 aliphatic heterocycles. The standard InChI is InChI=1S/C18H20N2O/c1-20(2)18(21)14-7-10-15(11-8-14)19-17-12-9-13-5-3-4-6-16(13)17/h3-8,10-11,17,19H,9,12H2,1-2H3. The Labute approximate surface area is 125 Å². The van der Waals surface area contributed by atoms with Gasteiger partial charge < -0.3 is 10.2 Å². The summed E-state index contributed by atoms with van der Waals surface area (Å²) in [6.45, 7) is 0. The molecule has 3 heteroatoms. The predicted molar refractivity (Wildman–Crippen MR) is 85.6 cm³/mol. The SMILES string of the molecule is CN(C)C(=O)c1ccc(NC2CCc3ccccc32)cc1. The highest BCUT2D eigenvalue weighted by Crippen LogP contribution is 2.33. The lowest BCUT2D eigenvalue weighted by molar-refractivity contribution is 0.0827. The highest BCUT2D eigenvalue weighted by atomic mass is 16.2. The van der Waals surface area contributed by atoms with E-state index in [1.54, 1.807) is 19.0 Å². The summed E-state index contributed by atoms with van der Waals surface area (Å²) in [5, 5.41) is 3.57. The average Bonchev–Trinajstić information content (AvgIpc) is 2.91. The molecule has 0 saturated heterocycles. The third-order valence-electron chi connectivity index (χ3n) is 4.01. The van der Waals surface area contributed by atoms with Crippen molar-refractivity contribution in [1.82, 2.24) is 4.90 Å². The zero-order chi connectivity index (χ0) is 14.8. The van der Waals surface area contributed by atoms with Crippen molar-refractivity contribution in [1.29, 1.82) is 0 Å². The van der Waals surface area contributed by atoms with Gasteiger partial charge in [-0.2, -0.15) is 0 Å². The number of benzene rings is 2. The Balaban J connectivity index is 1.74. The van der Waals surface area contributed by atoms with Gasteiger partial charge in [-0.25, -0.2) is 0 Å². The molecule has 1 aliphatic rings. The van der Waals surface area contributed by atoms with E-state index < -0.39 is 0 Å².